The van der Waals surface area contributed by atoms with Crippen LogP contribution in [0.2, 0.25) is 0 Å². The first kappa shape index (κ1) is 10.5. The largest absolute Gasteiger partial charge is 0.481 e. The number of carboxylic acids is 1. The predicted octanol–water partition coefficient (Wildman–Crippen LogP) is 1.65. The van der Waals surface area contributed by atoms with Crippen molar-refractivity contribution in [1.82, 2.24) is 0 Å². The monoisotopic (exact) mass is 186 g/mol. The van der Waals surface area contributed by atoms with Gasteiger partial charge in [0, 0.05) is 0 Å². The number of carbonyl (C=O) groups is 1. The summed E-state index contributed by atoms with van der Waals surface area (Å²) in [4.78, 5) is 10.7. The van der Waals surface area contributed by atoms with Crippen LogP contribution in [0.3, 0.4) is 0 Å². The molecule has 0 saturated heterocycles. The summed E-state index contributed by atoms with van der Waals surface area (Å²) in [7, 11) is 0. The molecule has 3 heteroatoms. The smallest absolute Gasteiger partial charge is 0.309 e. The van der Waals surface area contributed by atoms with Gasteiger partial charge in [-0.3, -0.25) is 4.79 Å². The van der Waals surface area contributed by atoms with E-state index in [4.69, 9.17) is 5.11 Å². The highest BCUT2D eigenvalue weighted by molar-refractivity contribution is 5.70. The summed E-state index contributed by atoms with van der Waals surface area (Å²) >= 11 is 0. The number of aliphatic carboxylic acids is 1. The lowest BCUT2D eigenvalue weighted by molar-refractivity contribution is -0.148. The van der Waals surface area contributed by atoms with Crippen molar-refractivity contribution in [3.8, 4) is 0 Å². The fraction of sp³-hybridized carbons (Fsp3) is 0.900. The molecule has 1 aliphatic carbocycles. The maximum absolute atomic E-state index is 10.7. The summed E-state index contributed by atoms with van der Waals surface area (Å²) in [6, 6.07) is 0. The van der Waals surface area contributed by atoms with Crippen LogP contribution in [-0.2, 0) is 4.79 Å². The molecule has 0 aliphatic heterocycles. The second kappa shape index (κ2) is 4.61. The number of aliphatic hydroxyl groups is 1. The molecule has 3 nitrogen and oxygen atoms in total. The lowest BCUT2D eigenvalue weighted by Gasteiger charge is -2.30. The first-order chi connectivity index (χ1) is 6.15. The zero-order valence-electron chi connectivity index (χ0n) is 8.07. The zero-order valence-corrected chi connectivity index (χ0v) is 8.07. The molecule has 3 unspecified atom stereocenters. The van der Waals surface area contributed by atoms with E-state index in [-0.39, 0.29) is 0 Å². The molecule has 76 valence electrons. The summed E-state index contributed by atoms with van der Waals surface area (Å²) in [5, 5.41) is 18.3. The molecule has 13 heavy (non-hydrogen) atoms. The van der Waals surface area contributed by atoms with Gasteiger partial charge >= 0.3 is 5.97 Å². The molecule has 0 heterocycles. The molecule has 0 spiro atoms. The Morgan fingerprint density at radius 3 is 2.62 bits per heavy atom. The van der Waals surface area contributed by atoms with Crippen molar-refractivity contribution in [2.45, 2.75) is 45.1 Å². The van der Waals surface area contributed by atoms with Gasteiger partial charge in [-0.05, 0) is 25.2 Å². The maximum atomic E-state index is 10.7. The van der Waals surface area contributed by atoms with Gasteiger partial charge in [0.25, 0.3) is 0 Å². The third-order valence-electron chi connectivity index (χ3n) is 2.94. The molecule has 0 bridgehead atoms. The molecular formula is C10H18O3. The van der Waals surface area contributed by atoms with Crippen molar-refractivity contribution in [3.63, 3.8) is 0 Å². The minimum Gasteiger partial charge on any atom is -0.481 e. The van der Waals surface area contributed by atoms with Gasteiger partial charge in [0.1, 0.15) is 0 Å². The van der Waals surface area contributed by atoms with Crippen LogP contribution in [0.25, 0.3) is 0 Å². The first-order valence-corrected chi connectivity index (χ1v) is 5.06. The topological polar surface area (TPSA) is 57.5 Å². The summed E-state index contributed by atoms with van der Waals surface area (Å²) in [6.45, 7) is 2.12. The highest BCUT2D eigenvalue weighted by Crippen LogP contribution is 2.31. The third-order valence-corrected chi connectivity index (χ3v) is 2.94. The molecule has 0 amide bonds. The Kier molecular flexibility index (Phi) is 3.72. The van der Waals surface area contributed by atoms with Crippen molar-refractivity contribution in [2.24, 2.45) is 11.8 Å². The molecule has 1 rings (SSSR count). The fourth-order valence-corrected chi connectivity index (χ4v) is 2.19. The van der Waals surface area contributed by atoms with E-state index >= 15 is 0 Å². The minimum absolute atomic E-state index is 0.520. The molecule has 0 radical (unpaired) electrons. The van der Waals surface area contributed by atoms with Crippen molar-refractivity contribution < 1.29 is 15.0 Å². The average molecular weight is 186 g/mol. The summed E-state index contributed by atoms with van der Waals surface area (Å²) in [6.07, 6.45) is 3.88. The molecule has 0 aromatic carbocycles. The summed E-state index contributed by atoms with van der Waals surface area (Å²) in [5.74, 6) is -0.828. The quantitative estimate of drug-likeness (QED) is 0.704. The summed E-state index contributed by atoms with van der Waals surface area (Å²) in [5.41, 5.74) is 0. The third kappa shape index (κ3) is 2.69. The van der Waals surface area contributed by atoms with Crippen LogP contribution >= 0.6 is 0 Å². The molecule has 0 aromatic heterocycles. The lowest BCUT2D eigenvalue weighted by atomic mass is 9.78. The Balaban J connectivity index is 2.42. The number of hydrogen-bond donors (Lipinski definition) is 2. The van der Waals surface area contributed by atoms with Crippen LogP contribution in [0, 0.1) is 11.8 Å². The van der Waals surface area contributed by atoms with Crippen molar-refractivity contribution in [3.05, 3.63) is 0 Å². The van der Waals surface area contributed by atoms with E-state index in [1.165, 1.54) is 0 Å². The van der Waals surface area contributed by atoms with Gasteiger partial charge in [0.05, 0.1) is 12.0 Å². The van der Waals surface area contributed by atoms with E-state index in [2.05, 4.69) is 6.92 Å². The highest BCUT2D eigenvalue weighted by atomic mass is 16.4. The molecule has 1 saturated carbocycles. The number of hydrogen-bond acceptors (Lipinski definition) is 2. The van der Waals surface area contributed by atoms with Gasteiger partial charge in [0.2, 0.25) is 0 Å². The SMILES string of the molecule is CCCC1CCC(C(=O)O)C(O)C1. The second-order valence-corrected chi connectivity index (χ2v) is 3.98. The first-order valence-electron chi connectivity index (χ1n) is 5.06. The van der Waals surface area contributed by atoms with Gasteiger partial charge in [-0.15, -0.1) is 0 Å². The standard InChI is InChI=1S/C10H18O3/c1-2-3-7-4-5-8(10(12)13)9(11)6-7/h7-9,11H,2-6H2,1H3,(H,12,13). The maximum Gasteiger partial charge on any atom is 0.309 e. The van der Waals surface area contributed by atoms with Crippen molar-refractivity contribution >= 4 is 5.97 Å². The van der Waals surface area contributed by atoms with Crippen LogP contribution in [0.15, 0.2) is 0 Å². The van der Waals surface area contributed by atoms with Gasteiger partial charge in [0.15, 0.2) is 0 Å². The highest BCUT2D eigenvalue weighted by Gasteiger charge is 2.33. The normalized spacial score (nSPS) is 34.5. The Hall–Kier alpha value is -0.570. The Labute approximate surface area is 78.8 Å². The summed E-state index contributed by atoms with van der Waals surface area (Å²) < 4.78 is 0. The molecule has 1 fully saturated rings. The molecular weight excluding hydrogens is 168 g/mol. The van der Waals surface area contributed by atoms with E-state index in [1.807, 2.05) is 0 Å². The van der Waals surface area contributed by atoms with Crippen LogP contribution in [0.5, 0.6) is 0 Å². The predicted molar refractivity (Wildman–Crippen MR) is 49.4 cm³/mol. The van der Waals surface area contributed by atoms with E-state index in [0.29, 0.717) is 18.8 Å². The Morgan fingerprint density at radius 2 is 2.15 bits per heavy atom. The number of carboxylic acid groups (broad SMARTS) is 1. The van der Waals surface area contributed by atoms with E-state index < -0.39 is 18.0 Å². The van der Waals surface area contributed by atoms with Crippen molar-refractivity contribution in [1.29, 1.82) is 0 Å². The van der Waals surface area contributed by atoms with Crippen LogP contribution in [-0.4, -0.2) is 22.3 Å². The zero-order chi connectivity index (χ0) is 9.84. The second-order valence-electron chi connectivity index (χ2n) is 3.98. The Bertz CT molecular complexity index is 179. The molecule has 3 atom stereocenters. The van der Waals surface area contributed by atoms with E-state index in [1.54, 1.807) is 0 Å². The number of rotatable bonds is 3. The van der Waals surface area contributed by atoms with Gasteiger partial charge in [-0.2, -0.15) is 0 Å². The van der Waals surface area contributed by atoms with Crippen LogP contribution < -0.4 is 0 Å². The van der Waals surface area contributed by atoms with Gasteiger partial charge in [-0.1, -0.05) is 19.8 Å². The van der Waals surface area contributed by atoms with E-state index in [0.717, 1.165) is 19.3 Å². The minimum atomic E-state index is -0.845. The van der Waals surface area contributed by atoms with Crippen LogP contribution in [0.1, 0.15) is 39.0 Å². The molecule has 0 aromatic rings. The van der Waals surface area contributed by atoms with Crippen LogP contribution in [0.4, 0.5) is 0 Å². The number of aliphatic hydroxyl groups excluding tert-OH is 1. The molecule has 2 N–H and O–H groups in total. The Morgan fingerprint density at radius 1 is 1.46 bits per heavy atom. The van der Waals surface area contributed by atoms with Gasteiger partial charge in [-0.25, -0.2) is 0 Å². The average Bonchev–Trinajstić information content (AvgIpc) is 2.04. The van der Waals surface area contributed by atoms with Gasteiger partial charge < -0.3 is 10.2 Å². The molecule has 1 aliphatic rings. The van der Waals surface area contributed by atoms with Crippen molar-refractivity contribution in [2.75, 3.05) is 0 Å². The fourth-order valence-electron chi connectivity index (χ4n) is 2.19. The van der Waals surface area contributed by atoms with E-state index in [9.17, 15) is 9.90 Å². The lowest BCUT2D eigenvalue weighted by Crippen LogP contribution is -2.34.